The first-order valence-corrected chi connectivity index (χ1v) is 6.54. The van der Waals surface area contributed by atoms with Gasteiger partial charge in [-0.3, -0.25) is 9.36 Å². The molecule has 4 nitrogen and oxygen atoms in total. The van der Waals surface area contributed by atoms with Crippen LogP contribution in [0.4, 0.5) is 0 Å². The number of hydrogen-bond donors (Lipinski definition) is 0. The Balaban J connectivity index is 2.08. The Bertz CT molecular complexity index is 465. The van der Waals surface area contributed by atoms with E-state index in [1.54, 1.807) is 10.9 Å². The first kappa shape index (κ1) is 12.9. The Labute approximate surface area is 107 Å². The summed E-state index contributed by atoms with van der Waals surface area (Å²) in [5.41, 5.74) is -0.0786. The number of methoxy groups -OCH3 is 1. The molecule has 0 saturated heterocycles. The van der Waals surface area contributed by atoms with Crippen LogP contribution in [0.25, 0.3) is 0 Å². The summed E-state index contributed by atoms with van der Waals surface area (Å²) in [6, 6.07) is 0. The Morgan fingerprint density at radius 2 is 2.22 bits per heavy atom. The van der Waals surface area contributed by atoms with Crippen LogP contribution in [-0.2, 0) is 6.54 Å². The highest BCUT2D eigenvalue weighted by molar-refractivity contribution is 5.11. The molecule has 1 aliphatic carbocycles. The van der Waals surface area contributed by atoms with Crippen molar-refractivity contribution in [1.82, 2.24) is 9.55 Å². The minimum absolute atomic E-state index is 0.0786. The average Bonchev–Trinajstić information content (AvgIpc) is 2.34. The summed E-state index contributed by atoms with van der Waals surface area (Å²) in [6.07, 6.45) is 13.4. The average molecular weight is 248 g/mol. The van der Waals surface area contributed by atoms with Crippen LogP contribution in [0.2, 0.25) is 0 Å². The monoisotopic (exact) mass is 248 g/mol. The molecule has 2 rings (SSSR count). The van der Waals surface area contributed by atoms with Gasteiger partial charge in [0.05, 0.1) is 19.6 Å². The number of aromatic nitrogens is 2. The molecule has 0 fully saturated rings. The number of rotatable bonds is 3. The molecule has 1 atom stereocenters. The second-order valence-corrected chi connectivity index (χ2v) is 4.77. The minimum atomic E-state index is -0.0786. The zero-order chi connectivity index (χ0) is 12.8. The molecule has 0 N–H and O–H groups in total. The predicted octanol–water partition coefficient (Wildman–Crippen LogP) is 2.39. The van der Waals surface area contributed by atoms with Crippen LogP contribution < -0.4 is 10.3 Å². The molecule has 1 aromatic rings. The molecule has 0 spiro atoms. The number of ether oxygens (including phenoxy) is 1. The van der Waals surface area contributed by atoms with Crippen LogP contribution in [0.15, 0.2) is 29.5 Å². The molecular weight excluding hydrogens is 228 g/mol. The maximum Gasteiger partial charge on any atom is 0.295 e. The van der Waals surface area contributed by atoms with E-state index in [1.165, 1.54) is 26.1 Å². The molecule has 1 aromatic heterocycles. The van der Waals surface area contributed by atoms with E-state index in [0.717, 1.165) is 25.8 Å². The molecule has 1 unspecified atom stereocenters. The fourth-order valence-corrected chi connectivity index (χ4v) is 2.40. The van der Waals surface area contributed by atoms with Crippen LogP contribution in [0, 0.1) is 5.92 Å². The van der Waals surface area contributed by atoms with Crippen molar-refractivity contribution in [2.24, 2.45) is 5.92 Å². The molecule has 4 heteroatoms. The van der Waals surface area contributed by atoms with Crippen molar-refractivity contribution in [3.8, 4) is 5.75 Å². The number of allylic oxidation sites excluding steroid dienone is 2. The van der Waals surface area contributed by atoms with Crippen molar-refractivity contribution >= 4 is 0 Å². The maximum atomic E-state index is 12.0. The first-order chi connectivity index (χ1) is 8.81. The Morgan fingerprint density at radius 3 is 3.06 bits per heavy atom. The van der Waals surface area contributed by atoms with E-state index in [2.05, 4.69) is 17.1 Å². The zero-order valence-electron chi connectivity index (χ0n) is 10.8. The first-order valence-electron chi connectivity index (χ1n) is 6.54. The third-order valence-corrected chi connectivity index (χ3v) is 3.44. The fraction of sp³-hybridized carbons (Fsp3) is 0.571. The second-order valence-electron chi connectivity index (χ2n) is 4.77. The largest absolute Gasteiger partial charge is 0.490 e. The van der Waals surface area contributed by atoms with Gasteiger partial charge in [-0.2, -0.15) is 0 Å². The van der Waals surface area contributed by atoms with Gasteiger partial charge >= 0.3 is 0 Å². The van der Waals surface area contributed by atoms with Gasteiger partial charge in [-0.15, -0.1) is 0 Å². The lowest BCUT2D eigenvalue weighted by Gasteiger charge is -2.18. The summed E-state index contributed by atoms with van der Waals surface area (Å²) < 4.78 is 6.69. The zero-order valence-corrected chi connectivity index (χ0v) is 10.8. The smallest absolute Gasteiger partial charge is 0.295 e. The summed E-state index contributed by atoms with van der Waals surface area (Å²) in [5, 5.41) is 0. The van der Waals surface area contributed by atoms with Crippen LogP contribution in [0.5, 0.6) is 5.75 Å². The molecule has 18 heavy (non-hydrogen) atoms. The maximum absolute atomic E-state index is 12.0. The number of nitrogens with zero attached hydrogens (tertiary/aromatic N) is 2. The quantitative estimate of drug-likeness (QED) is 0.771. The third-order valence-electron chi connectivity index (χ3n) is 3.44. The van der Waals surface area contributed by atoms with Gasteiger partial charge in [-0.05, 0) is 38.0 Å². The lowest BCUT2D eigenvalue weighted by Crippen LogP contribution is -2.25. The van der Waals surface area contributed by atoms with Crippen molar-refractivity contribution in [2.45, 2.75) is 38.6 Å². The van der Waals surface area contributed by atoms with Gasteiger partial charge in [0.25, 0.3) is 5.56 Å². The van der Waals surface area contributed by atoms with Crippen LogP contribution >= 0.6 is 0 Å². The summed E-state index contributed by atoms with van der Waals surface area (Å²) >= 11 is 0. The molecule has 1 heterocycles. The molecule has 0 aromatic carbocycles. The SMILES string of the molecule is COc1cncn(CC2CC/C=C\CCC2)c1=O. The predicted molar refractivity (Wildman–Crippen MR) is 70.8 cm³/mol. The van der Waals surface area contributed by atoms with Gasteiger partial charge in [0, 0.05) is 6.54 Å². The van der Waals surface area contributed by atoms with E-state index >= 15 is 0 Å². The van der Waals surface area contributed by atoms with Gasteiger partial charge in [0.15, 0.2) is 0 Å². The van der Waals surface area contributed by atoms with E-state index in [0.29, 0.717) is 11.7 Å². The molecule has 0 amide bonds. The van der Waals surface area contributed by atoms with E-state index in [9.17, 15) is 4.79 Å². The van der Waals surface area contributed by atoms with E-state index in [4.69, 9.17) is 4.74 Å². The van der Waals surface area contributed by atoms with Gasteiger partial charge < -0.3 is 4.74 Å². The normalized spacial score (nSPS) is 21.9. The van der Waals surface area contributed by atoms with Gasteiger partial charge in [0.2, 0.25) is 5.75 Å². The Morgan fingerprint density at radius 1 is 1.39 bits per heavy atom. The molecular formula is C14H20N2O2. The molecule has 1 aliphatic rings. The summed E-state index contributed by atoms with van der Waals surface area (Å²) in [6.45, 7) is 0.747. The molecule has 0 saturated carbocycles. The highest BCUT2D eigenvalue weighted by Crippen LogP contribution is 2.20. The van der Waals surface area contributed by atoms with Crippen LogP contribution in [0.3, 0.4) is 0 Å². The highest BCUT2D eigenvalue weighted by Gasteiger charge is 2.12. The van der Waals surface area contributed by atoms with Crippen molar-refractivity contribution in [2.75, 3.05) is 7.11 Å². The number of hydrogen-bond acceptors (Lipinski definition) is 3. The Hall–Kier alpha value is -1.58. The molecule has 0 aliphatic heterocycles. The Kier molecular flexibility index (Phi) is 4.56. The minimum Gasteiger partial charge on any atom is -0.490 e. The van der Waals surface area contributed by atoms with Crippen LogP contribution in [0.1, 0.15) is 32.1 Å². The fourth-order valence-electron chi connectivity index (χ4n) is 2.40. The summed E-state index contributed by atoms with van der Waals surface area (Å²) in [4.78, 5) is 16.1. The molecule has 98 valence electrons. The van der Waals surface area contributed by atoms with E-state index in [1.807, 2.05) is 0 Å². The molecule has 0 bridgehead atoms. The van der Waals surface area contributed by atoms with E-state index in [-0.39, 0.29) is 5.56 Å². The summed E-state index contributed by atoms with van der Waals surface area (Å²) in [7, 11) is 1.50. The van der Waals surface area contributed by atoms with E-state index < -0.39 is 0 Å². The van der Waals surface area contributed by atoms with Gasteiger partial charge in [-0.1, -0.05) is 12.2 Å². The molecule has 0 radical (unpaired) electrons. The topological polar surface area (TPSA) is 44.1 Å². The standard InChI is InChI=1S/C14H20N2O2/c1-18-13-9-15-11-16(14(13)17)10-12-7-5-3-2-4-6-8-12/h2-3,9,11-12H,4-8,10H2,1H3/b3-2-. The summed E-state index contributed by atoms with van der Waals surface area (Å²) in [5.74, 6) is 0.879. The van der Waals surface area contributed by atoms with Crippen molar-refractivity contribution in [1.29, 1.82) is 0 Å². The van der Waals surface area contributed by atoms with Gasteiger partial charge in [-0.25, -0.2) is 4.98 Å². The lowest BCUT2D eigenvalue weighted by atomic mass is 9.94. The third kappa shape index (κ3) is 3.22. The highest BCUT2D eigenvalue weighted by atomic mass is 16.5. The lowest BCUT2D eigenvalue weighted by molar-refractivity contribution is 0.357. The van der Waals surface area contributed by atoms with Crippen molar-refractivity contribution in [3.05, 3.63) is 35.0 Å². The van der Waals surface area contributed by atoms with Crippen molar-refractivity contribution < 1.29 is 4.74 Å². The van der Waals surface area contributed by atoms with Crippen LogP contribution in [-0.4, -0.2) is 16.7 Å². The van der Waals surface area contributed by atoms with Crippen molar-refractivity contribution in [3.63, 3.8) is 0 Å². The van der Waals surface area contributed by atoms with Gasteiger partial charge in [0.1, 0.15) is 0 Å². The second kappa shape index (κ2) is 6.38.